The molecule has 0 radical (unpaired) electrons. The molecule has 5 heteroatoms. The topological polar surface area (TPSA) is 68.0 Å². The summed E-state index contributed by atoms with van der Waals surface area (Å²) in [6.07, 6.45) is 2.20. The first-order valence-electron chi connectivity index (χ1n) is 4.82. The number of carboxylic acids is 1. The molecular weight excluding hydrogens is 206 g/mol. The zero-order valence-electron chi connectivity index (χ0n) is 8.79. The quantitative estimate of drug-likeness (QED) is 0.836. The van der Waals surface area contributed by atoms with Crippen LogP contribution in [0.5, 0.6) is 0 Å². The Labute approximate surface area is 92.4 Å². The number of aromatic nitrogens is 3. The Morgan fingerprint density at radius 2 is 2.31 bits per heavy atom. The van der Waals surface area contributed by atoms with E-state index in [2.05, 4.69) is 10.2 Å². The maximum absolute atomic E-state index is 10.8. The molecule has 1 aromatic heterocycles. The molecule has 2 rings (SSSR count). The number of benzene rings is 1. The van der Waals surface area contributed by atoms with Gasteiger partial charge in [0.1, 0.15) is 12.2 Å². The summed E-state index contributed by atoms with van der Waals surface area (Å²) in [4.78, 5) is 10.8. The maximum atomic E-state index is 10.8. The molecule has 0 amide bonds. The van der Waals surface area contributed by atoms with Gasteiger partial charge in [-0.25, -0.2) is 4.79 Å². The number of hydrogen-bond donors (Lipinski definition) is 1. The van der Waals surface area contributed by atoms with Crippen LogP contribution in [-0.4, -0.2) is 25.8 Å². The van der Waals surface area contributed by atoms with E-state index >= 15 is 0 Å². The van der Waals surface area contributed by atoms with Crippen LogP contribution < -0.4 is 0 Å². The van der Waals surface area contributed by atoms with Crippen LogP contribution in [0.2, 0.25) is 0 Å². The Bertz CT molecular complexity index is 519. The fourth-order valence-electron chi connectivity index (χ4n) is 1.46. The van der Waals surface area contributed by atoms with E-state index in [9.17, 15) is 4.79 Å². The van der Waals surface area contributed by atoms with Gasteiger partial charge in [0.2, 0.25) is 0 Å². The summed E-state index contributed by atoms with van der Waals surface area (Å²) >= 11 is 0. The van der Waals surface area contributed by atoms with Gasteiger partial charge in [0, 0.05) is 13.5 Å². The Hall–Kier alpha value is -2.17. The van der Waals surface area contributed by atoms with E-state index in [0.29, 0.717) is 12.0 Å². The number of nitrogens with zero attached hydrogens (tertiary/aromatic N) is 3. The number of aryl methyl sites for hydroxylation is 1. The second kappa shape index (κ2) is 4.14. The van der Waals surface area contributed by atoms with Crippen molar-refractivity contribution in [2.75, 3.05) is 0 Å². The Morgan fingerprint density at radius 1 is 1.50 bits per heavy atom. The van der Waals surface area contributed by atoms with Crippen molar-refractivity contribution in [1.29, 1.82) is 0 Å². The van der Waals surface area contributed by atoms with Crippen LogP contribution in [0, 0.1) is 0 Å². The second-order valence-corrected chi connectivity index (χ2v) is 3.54. The van der Waals surface area contributed by atoms with Gasteiger partial charge in [-0.05, 0) is 17.7 Å². The largest absolute Gasteiger partial charge is 0.478 e. The van der Waals surface area contributed by atoms with Gasteiger partial charge in [-0.2, -0.15) is 0 Å². The molecule has 82 valence electrons. The average Bonchev–Trinajstić information content (AvgIpc) is 2.65. The first kappa shape index (κ1) is 10.4. The zero-order valence-corrected chi connectivity index (χ0v) is 8.79. The molecule has 0 saturated heterocycles. The van der Waals surface area contributed by atoms with Gasteiger partial charge in [0.25, 0.3) is 0 Å². The third-order valence-electron chi connectivity index (χ3n) is 2.34. The first-order valence-corrected chi connectivity index (χ1v) is 4.82. The minimum atomic E-state index is -0.917. The standard InChI is InChI=1S/C11H11N3O2/c1-14-7-12-13-10(14)6-8-3-2-4-9(5-8)11(15)16/h2-5,7H,6H2,1H3,(H,15,16). The summed E-state index contributed by atoms with van der Waals surface area (Å²) in [5.74, 6) is -0.109. The maximum Gasteiger partial charge on any atom is 0.335 e. The SMILES string of the molecule is Cn1cnnc1Cc1cccc(C(=O)O)c1. The number of hydrogen-bond acceptors (Lipinski definition) is 3. The Kier molecular flexibility index (Phi) is 2.68. The predicted octanol–water partition coefficient (Wildman–Crippen LogP) is 1.10. The molecular formula is C11H11N3O2. The van der Waals surface area contributed by atoms with E-state index in [1.54, 1.807) is 24.5 Å². The van der Waals surface area contributed by atoms with Gasteiger partial charge in [0.15, 0.2) is 0 Å². The number of carbonyl (C=O) groups is 1. The van der Waals surface area contributed by atoms with Crippen LogP contribution >= 0.6 is 0 Å². The van der Waals surface area contributed by atoms with Gasteiger partial charge < -0.3 is 9.67 Å². The van der Waals surface area contributed by atoms with Crippen LogP contribution in [0.25, 0.3) is 0 Å². The number of aromatic carboxylic acids is 1. The van der Waals surface area contributed by atoms with Gasteiger partial charge in [-0.3, -0.25) is 0 Å². The summed E-state index contributed by atoms with van der Waals surface area (Å²) in [7, 11) is 1.86. The molecule has 1 aromatic carbocycles. The molecule has 0 bridgehead atoms. The minimum Gasteiger partial charge on any atom is -0.478 e. The average molecular weight is 217 g/mol. The lowest BCUT2D eigenvalue weighted by Crippen LogP contribution is -2.01. The van der Waals surface area contributed by atoms with Gasteiger partial charge in [0.05, 0.1) is 5.56 Å². The third-order valence-corrected chi connectivity index (χ3v) is 2.34. The zero-order chi connectivity index (χ0) is 11.5. The van der Waals surface area contributed by atoms with E-state index in [4.69, 9.17) is 5.11 Å². The minimum absolute atomic E-state index is 0.291. The van der Waals surface area contributed by atoms with E-state index in [1.165, 1.54) is 0 Å². The summed E-state index contributed by atoms with van der Waals surface area (Å²) < 4.78 is 1.81. The van der Waals surface area contributed by atoms with Crippen molar-refractivity contribution in [1.82, 2.24) is 14.8 Å². The van der Waals surface area contributed by atoms with Crippen LogP contribution in [0.4, 0.5) is 0 Å². The fraction of sp³-hybridized carbons (Fsp3) is 0.182. The van der Waals surface area contributed by atoms with Crippen molar-refractivity contribution in [3.8, 4) is 0 Å². The highest BCUT2D eigenvalue weighted by atomic mass is 16.4. The number of carboxylic acid groups (broad SMARTS) is 1. The summed E-state index contributed by atoms with van der Waals surface area (Å²) in [5, 5.41) is 16.6. The smallest absolute Gasteiger partial charge is 0.335 e. The van der Waals surface area contributed by atoms with Crippen LogP contribution in [0.1, 0.15) is 21.7 Å². The van der Waals surface area contributed by atoms with E-state index in [1.807, 2.05) is 17.7 Å². The highest BCUT2D eigenvalue weighted by molar-refractivity contribution is 5.87. The molecule has 0 aliphatic carbocycles. The molecule has 5 nitrogen and oxygen atoms in total. The van der Waals surface area contributed by atoms with Crippen molar-refractivity contribution in [2.45, 2.75) is 6.42 Å². The molecule has 0 unspecified atom stereocenters. The Morgan fingerprint density at radius 3 is 2.94 bits per heavy atom. The lowest BCUT2D eigenvalue weighted by Gasteiger charge is -2.02. The van der Waals surface area contributed by atoms with Crippen LogP contribution in [0.15, 0.2) is 30.6 Å². The van der Waals surface area contributed by atoms with Crippen molar-refractivity contribution in [3.05, 3.63) is 47.5 Å². The van der Waals surface area contributed by atoms with Crippen LogP contribution in [-0.2, 0) is 13.5 Å². The van der Waals surface area contributed by atoms with Crippen molar-refractivity contribution in [3.63, 3.8) is 0 Å². The lowest BCUT2D eigenvalue weighted by atomic mass is 10.1. The summed E-state index contributed by atoms with van der Waals surface area (Å²) in [5.41, 5.74) is 1.20. The van der Waals surface area contributed by atoms with Gasteiger partial charge >= 0.3 is 5.97 Å². The molecule has 0 atom stereocenters. The van der Waals surface area contributed by atoms with Crippen molar-refractivity contribution in [2.24, 2.45) is 7.05 Å². The fourth-order valence-corrected chi connectivity index (χ4v) is 1.46. The van der Waals surface area contributed by atoms with Gasteiger partial charge in [-0.15, -0.1) is 10.2 Å². The summed E-state index contributed by atoms with van der Waals surface area (Å²) in [6.45, 7) is 0. The lowest BCUT2D eigenvalue weighted by molar-refractivity contribution is 0.0697. The Balaban J connectivity index is 2.25. The molecule has 0 aliphatic heterocycles. The van der Waals surface area contributed by atoms with Gasteiger partial charge in [-0.1, -0.05) is 12.1 Å². The molecule has 0 fully saturated rings. The molecule has 1 N–H and O–H groups in total. The predicted molar refractivity (Wildman–Crippen MR) is 57.2 cm³/mol. The second-order valence-electron chi connectivity index (χ2n) is 3.54. The normalized spacial score (nSPS) is 10.3. The molecule has 0 spiro atoms. The highest BCUT2D eigenvalue weighted by Gasteiger charge is 2.06. The third kappa shape index (κ3) is 2.08. The number of rotatable bonds is 3. The molecule has 2 aromatic rings. The first-order chi connectivity index (χ1) is 7.66. The summed E-state index contributed by atoms with van der Waals surface area (Å²) in [6, 6.07) is 6.83. The van der Waals surface area contributed by atoms with Crippen LogP contribution in [0.3, 0.4) is 0 Å². The van der Waals surface area contributed by atoms with E-state index in [0.717, 1.165) is 11.4 Å². The highest BCUT2D eigenvalue weighted by Crippen LogP contribution is 2.09. The van der Waals surface area contributed by atoms with E-state index in [-0.39, 0.29) is 0 Å². The van der Waals surface area contributed by atoms with E-state index < -0.39 is 5.97 Å². The molecule has 1 heterocycles. The van der Waals surface area contributed by atoms with Crippen molar-refractivity contribution < 1.29 is 9.90 Å². The molecule has 0 saturated carbocycles. The van der Waals surface area contributed by atoms with Crippen molar-refractivity contribution >= 4 is 5.97 Å². The molecule has 16 heavy (non-hydrogen) atoms. The molecule has 0 aliphatic rings. The monoisotopic (exact) mass is 217 g/mol.